The van der Waals surface area contributed by atoms with Gasteiger partial charge < -0.3 is 10.2 Å². The number of aryl methyl sites for hydroxylation is 1. The van der Waals surface area contributed by atoms with E-state index in [1.165, 1.54) is 10.4 Å². The van der Waals surface area contributed by atoms with Gasteiger partial charge in [0.05, 0.1) is 0 Å². The molecule has 0 saturated heterocycles. The lowest BCUT2D eigenvalue weighted by atomic mass is 10.1. The van der Waals surface area contributed by atoms with Crippen molar-refractivity contribution in [2.24, 2.45) is 4.99 Å². The molecule has 1 N–H and O–H groups in total. The van der Waals surface area contributed by atoms with Crippen LogP contribution >= 0.6 is 11.3 Å². The van der Waals surface area contributed by atoms with Crippen LogP contribution in [0.2, 0.25) is 0 Å². The van der Waals surface area contributed by atoms with Gasteiger partial charge in [0.1, 0.15) is 0 Å². The van der Waals surface area contributed by atoms with Gasteiger partial charge in [0.25, 0.3) is 0 Å². The summed E-state index contributed by atoms with van der Waals surface area (Å²) >= 11 is 1.82. The van der Waals surface area contributed by atoms with Crippen molar-refractivity contribution in [2.45, 2.75) is 19.3 Å². The monoisotopic (exact) mass is 315 g/mol. The Hall–Kier alpha value is -1.81. The second-order valence-corrected chi connectivity index (χ2v) is 6.35. The van der Waals surface area contributed by atoms with Crippen LogP contribution in [-0.4, -0.2) is 38.0 Å². The number of nitrogens with one attached hydrogen (secondary N) is 1. The summed E-state index contributed by atoms with van der Waals surface area (Å²) in [5, 5.41) is 5.58. The van der Waals surface area contributed by atoms with Crippen LogP contribution < -0.4 is 5.32 Å². The first-order chi connectivity index (χ1) is 10.8. The molecule has 0 atom stereocenters. The summed E-state index contributed by atoms with van der Waals surface area (Å²) in [5.41, 5.74) is 1.39. The van der Waals surface area contributed by atoms with Gasteiger partial charge in [-0.15, -0.1) is 11.3 Å². The van der Waals surface area contributed by atoms with E-state index in [0.717, 1.165) is 38.3 Å². The van der Waals surface area contributed by atoms with Crippen LogP contribution in [0.15, 0.2) is 52.8 Å². The third-order valence-corrected chi connectivity index (χ3v) is 4.55. The summed E-state index contributed by atoms with van der Waals surface area (Å²) in [5.74, 6) is 0.976. The third kappa shape index (κ3) is 5.53. The van der Waals surface area contributed by atoms with E-state index in [4.69, 9.17) is 0 Å². The molecular weight excluding hydrogens is 290 g/mol. The first kappa shape index (κ1) is 16.6. The predicted octanol–water partition coefficient (Wildman–Crippen LogP) is 3.43. The van der Waals surface area contributed by atoms with Crippen LogP contribution in [0.3, 0.4) is 0 Å². The van der Waals surface area contributed by atoms with E-state index in [1.54, 1.807) is 0 Å². The second kappa shape index (κ2) is 9.26. The third-order valence-electron chi connectivity index (χ3n) is 3.62. The maximum absolute atomic E-state index is 4.37. The molecule has 22 heavy (non-hydrogen) atoms. The SMILES string of the molecule is CN=C(NCCCc1ccccc1)N(C)CCc1cccs1. The Labute approximate surface area is 137 Å². The van der Waals surface area contributed by atoms with Crippen molar-refractivity contribution < 1.29 is 0 Å². The maximum atomic E-state index is 4.37. The molecule has 0 fully saturated rings. The zero-order valence-corrected chi connectivity index (χ0v) is 14.3. The van der Waals surface area contributed by atoms with Crippen molar-refractivity contribution >= 4 is 17.3 Å². The fourth-order valence-corrected chi connectivity index (χ4v) is 3.06. The smallest absolute Gasteiger partial charge is 0.193 e. The molecule has 3 nitrogen and oxygen atoms in total. The van der Waals surface area contributed by atoms with Crippen LogP contribution in [-0.2, 0) is 12.8 Å². The molecule has 0 radical (unpaired) electrons. The summed E-state index contributed by atoms with van der Waals surface area (Å²) in [6.07, 6.45) is 3.28. The van der Waals surface area contributed by atoms with Gasteiger partial charge in [-0.3, -0.25) is 4.99 Å². The molecule has 0 aliphatic heterocycles. The minimum Gasteiger partial charge on any atom is -0.356 e. The number of thiophene rings is 1. The molecule has 0 amide bonds. The van der Waals surface area contributed by atoms with Gasteiger partial charge in [0.15, 0.2) is 5.96 Å². The first-order valence-corrected chi connectivity index (χ1v) is 8.65. The Kier molecular flexibility index (Phi) is 6.97. The van der Waals surface area contributed by atoms with Gasteiger partial charge in [-0.05, 0) is 36.3 Å². The zero-order chi connectivity index (χ0) is 15.6. The number of likely N-dealkylation sites (N-methyl/N-ethyl adjacent to an activating group) is 1. The average molecular weight is 315 g/mol. The first-order valence-electron chi connectivity index (χ1n) is 7.77. The highest BCUT2D eigenvalue weighted by Gasteiger charge is 2.05. The zero-order valence-electron chi connectivity index (χ0n) is 13.5. The molecule has 0 spiro atoms. The van der Waals surface area contributed by atoms with Crippen molar-refractivity contribution in [1.29, 1.82) is 0 Å². The van der Waals surface area contributed by atoms with Crippen LogP contribution in [0.4, 0.5) is 0 Å². The van der Waals surface area contributed by atoms with Gasteiger partial charge in [-0.1, -0.05) is 36.4 Å². The van der Waals surface area contributed by atoms with E-state index in [0.29, 0.717) is 0 Å². The number of rotatable bonds is 7. The standard InChI is InChI=1S/C18H25N3S/c1-19-18(21(2)14-12-17-11-7-15-22-17)20-13-6-10-16-8-4-3-5-9-16/h3-5,7-9,11,15H,6,10,12-14H2,1-2H3,(H,19,20). The number of hydrogen-bond donors (Lipinski definition) is 1. The van der Waals surface area contributed by atoms with E-state index in [-0.39, 0.29) is 0 Å². The van der Waals surface area contributed by atoms with Crippen LogP contribution in [0.1, 0.15) is 16.9 Å². The average Bonchev–Trinajstić information content (AvgIpc) is 3.07. The van der Waals surface area contributed by atoms with Crippen molar-refractivity contribution in [1.82, 2.24) is 10.2 Å². The minimum absolute atomic E-state index is 0.949. The molecule has 4 heteroatoms. The number of nitrogens with zero attached hydrogens (tertiary/aromatic N) is 2. The fraction of sp³-hybridized carbons (Fsp3) is 0.389. The lowest BCUT2D eigenvalue weighted by Gasteiger charge is -2.21. The van der Waals surface area contributed by atoms with Crippen molar-refractivity contribution in [3.63, 3.8) is 0 Å². The Morgan fingerprint density at radius 3 is 2.64 bits per heavy atom. The van der Waals surface area contributed by atoms with E-state index >= 15 is 0 Å². The molecule has 1 aromatic heterocycles. The molecule has 2 rings (SSSR count). The van der Waals surface area contributed by atoms with E-state index in [9.17, 15) is 0 Å². The summed E-state index contributed by atoms with van der Waals surface area (Å²) in [7, 11) is 3.95. The Morgan fingerprint density at radius 2 is 1.95 bits per heavy atom. The lowest BCUT2D eigenvalue weighted by molar-refractivity contribution is 0.485. The highest BCUT2D eigenvalue weighted by Crippen LogP contribution is 2.09. The molecule has 0 unspecified atom stereocenters. The molecule has 1 aromatic carbocycles. The van der Waals surface area contributed by atoms with Gasteiger partial charge in [-0.2, -0.15) is 0 Å². The normalized spacial score (nSPS) is 11.5. The van der Waals surface area contributed by atoms with E-state index in [1.807, 2.05) is 18.4 Å². The molecular formula is C18H25N3S. The number of hydrogen-bond acceptors (Lipinski definition) is 2. The van der Waals surface area contributed by atoms with Crippen molar-refractivity contribution in [3.05, 3.63) is 58.3 Å². The number of benzene rings is 1. The molecule has 2 aromatic rings. The quantitative estimate of drug-likeness (QED) is 0.481. The van der Waals surface area contributed by atoms with E-state index < -0.39 is 0 Å². The Balaban J connectivity index is 1.68. The van der Waals surface area contributed by atoms with Gasteiger partial charge >= 0.3 is 0 Å². The van der Waals surface area contributed by atoms with Gasteiger partial charge in [0, 0.05) is 32.1 Å². The van der Waals surface area contributed by atoms with Gasteiger partial charge in [0.2, 0.25) is 0 Å². The fourth-order valence-electron chi connectivity index (χ4n) is 2.36. The van der Waals surface area contributed by atoms with Gasteiger partial charge in [-0.25, -0.2) is 0 Å². The highest BCUT2D eigenvalue weighted by molar-refractivity contribution is 7.09. The van der Waals surface area contributed by atoms with Crippen LogP contribution in [0.5, 0.6) is 0 Å². The topological polar surface area (TPSA) is 27.6 Å². The predicted molar refractivity (Wildman–Crippen MR) is 96.8 cm³/mol. The summed E-state index contributed by atoms with van der Waals surface area (Å²) < 4.78 is 0. The molecule has 0 aliphatic rings. The Bertz CT molecular complexity index is 549. The summed E-state index contributed by atoms with van der Waals surface area (Å²) in [6, 6.07) is 14.9. The second-order valence-electron chi connectivity index (χ2n) is 5.31. The number of aliphatic imine (C=N–C) groups is 1. The molecule has 0 saturated carbocycles. The largest absolute Gasteiger partial charge is 0.356 e. The summed E-state index contributed by atoms with van der Waals surface area (Å²) in [6.45, 7) is 1.93. The van der Waals surface area contributed by atoms with Crippen LogP contribution in [0.25, 0.3) is 0 Å². The highest BCUT2D eigenvalue weighted by atomic mass is 32.1. The lowest BCUT2D eigenvalue weighted by Crippen LogP contribution is -2.40. The van der Waals surface area contributed by atoms with E-state index in [2.05, 4.69) is 70.1 Å². The minimum atomic E-state index is 0.949. The molecule has 0 bridgehead atoms. The maximum Gasteiger partial charge on any atom is 0.193 e. The molecule has 1 heterocycles. The number of guanidine groups is 1. The summed E-state index contributed by atoms with van der Waals surface area (Å²) in [4.78, 5) is 7.99. The Morgan fingerprint density at radius 1 is 1.14 bits per heavy atom. The van der Waals surface area contributed by atoms with Crippen LogP contribution in [0, 0.1) is 0 Å². The van der Waals surface area contributed by atoms with Crippen molar-refractivity contribution in [3.8, 4) is 0 Å². The van der Waals surface area contributed by atoms with Crippen molar-refractivity contribution in [2.75, 3.05) is 27.2 Å². The molecule has 0 aliphatic carbocycles. The molecule has 118 valence electrons.